The van der Waals surface area contributed by atoms with Crippen LogP contribution >= 0.6 is 0 Å². The SMILES string of the molecule is CCCCOc1ccc(C=CC(=O)[O-])cc1.[Na+]. The van der Waals surface area contributed by atoms with Crippen LogP contribution in [0.3, 0.4) is 0 Å². The summed E-state index contributed by atoms with van der Waals surface area (Å²) in [6.07, 6.45) is 4.64. The fourth-order valence-corrected chi connectivity index (χ4v) is 1.17. The van der Waals surface area contributed by atoms with E-state index in [0.717, 1.165) is 30.2 Å². The second-order valence-electron chi connectivity index (χ2n) is 3.42. The molecule has 0 aromatic heterocycles. The summed E-state index contributed by atoms with van der Waals surface area (Å²) in [6.45, 7) is 2.82. The molecule has 0 heterocycles. The number of ether oxygens (including phenoxy) is 1. The van der Waals surface area contributed by atoms with E-state index in [-0.39, 0.29) is 29.6 Å². The molecule has 0 spiro atoms. The molecule has 0 aliphatic carbocycles. The smallest absolute Gasteiger partial charge is 0.545 e. The van der Waals surface area contributed by atoms with E-state index in [9.17, 15) is 9.90 Å². The van der Waals surface area contributed by atoms with Crippen molar-refractivity contribution in [1.29, 1.82) is 0 Å². The third-order valence-electron chi connectivity index (χ3n) is 2.06. The average Bonchev–Trinajstić information content (AvgIpc) is 2.28. The molecule has 1 aromatic rings. The molecule has 1 rings (SSSR count). The Hall–Kier alpha value is -0.770. The van der Waals surface area contributed by atoms with Gasteiger partial charge in [-0.25, -0.2) is 0 Å². The van der Waals surface area contributed by atoms with Gasteiger partial charge in [-0.2, -0.15) is 0 Å². The molecule has 17 heavy (non-hydrogen) atoms. The third kappa shape index (κ3) is 7.21. The zero-order valence-electron chi connectivity index (χ0n) is 10.3. The van der Waals surface area contributed by atoms with Gasteiger partial charge in [0.05, 0.1) is 12.6 Å². The van der Waals surface area contributed by atoms with Crippen LogP contribution in [0.25, 0.3) is 6.08 Å². The summed E-state index contributed by atoms with van der Waals surface area (Å²) in [7, 11) is 0. The topological polar surface area (TPSA) is 49.4 Å². The maximum atomic E-state index is 10.2. The summed E-state index contributed by atoms with van der Waals surface area (Å²) in [6, 6.07) is 7.26. The standard InChI is InChI=1S/C13H16O3.Na/c1-2-3-10-16-12-7-4-11(5-8-12)6-9-13(14)15;/h4-9H,2-3,10H2,1H3,(H,14,15);/q;+1/p-1. The van der Waals surface area contributed by atoms with Gasteiger partial charge >= 0.3 is 29.6 Å². The van der Waals surface area contributed by atoms with E-state index in [1.165, 1.54) is 6.08 Å². The van der Waals surface area contributed by atoms with Crippen LogP contribution in [-0.2, 0) is 4.79 Å². The molecule has 0 saturated carbocycles. The van der Waals surface area contributed by atoms with Crippen molar-refractivity contribution in [3.63, 3.8) is 0 Å². The second kappa shape index (κ2) is 9.28. The third-order valence-corrected chi connectivity index (χ3v) is 2.06. The monoisotopic (exact) mass is 242 g/mol. The van der Waals surface area contributed by atoms with Gasteiger partial charge in [-0.05, 0) is 30.2 Å². The van der Waals surface area contributed by atoms with Gasteiger partial charge in [-0.3, -0.25) is 0 Å². The van der Waals surface area contributed by atoms with Crippen LogP contribution in [-0.4, -0.2) is 12.6 Å². The number of carbonyl (C=O) groups excluding carboxylic acids is 1. The van der Waals surface area contributed by atoms with E-state index in [2.05, 4.69) is 6.92 Å². The van der Waals surface area contributed by atoms with Crippen LogP contribution in [0.15, 0.2) is 30.3 Å². The van der Waals surface area contributed by atoms with Crippen LogP contribution in [0, 0.1) is 0 Å². The number of benzene rings is 1. The minimum Gasteiger partial charge on any atom is -0.545 e. The van der Waals surface area contributed by atoms with Crippen molar-refractivity contribution in [2.45, 2.75) is 19.8 Å². The Morgan fingerprint density at radius 3 is 2.53 bits per heavy atom. The number of hydrogen-bond donors (Lipinski definition) is 0. The molecule has 4 heteroatoms. The van der Waals surface area contributed by atoms with Crippen LogP contribution < -0.4 is 39.4 Å². The number of aliphatic carboxylic acids is 1. The molecule has 0 amide bonds. The molecule has 0 fully saturated rings. The fourth-order valence-electron chi connectivity index (χ4n) is 1.17. The van der Waals surface area contributed by atoms with E-state index >= 15 is 0 Å². The minimum absolute atomic E-state index is 0. The first-order valence-electron chi connectivity index (χ1n) is 5.34. The molecular formula is C13H15NaO3. The maximum Gasteiger partial charge on any atom is 1.00 e. The van der Waals surface area contributed by atoms with Crippen molar-refractivity contribution in [2.24, 2.45) is 0 Å². The predicted molar refractivity (Wildman–Crippen MR) is 60.9 cm³/mol. The number of hydrogen-bond acceptors (Lipinski definition) is 3. The number of unbranched alkanes of at least 4 members (excludes halogenated alkanes) is 1. The van der Waals surface area contributed by atoms with Crippen LogP contribution in [0.5, 0.6) is 5.75 Å². The second-order valence-corrected chi connectivity index (χ2v) is 3.42. The van der Waals surface area contributed by atoms with Gasteiger partial charge in [0.15, 0.2) is 0 Å². The quantitative estimate of drug-likeness (QED) is 0.351. The van der Waals surface area contributed by atoms with Crippen LogP contribution in [0.4, 0.5) is 0 Å². The van der Waals surface area contributed by atoms with Crippen LogP contribution in [0.2, 0.25) is 0 Å². The van der Waals surface area contributed by atoms with Crippen molar-refractivity contribution in [2.75, 3.05) is 6.61 Å². The largest absolute Gasteiger partial charge is 1.00 e. The van der Waals surface area contributed by atoms with Gasteiger partial charge in [0.2, 0.25) is 0 Å². The van der Waals surface area contributed by atoms with Crippen molar-refractivity contribution < 1.29 is 44.2 Å². The molecule has 0 N–H and O–H groups in total. The molecule has 0 atom stereocenters. The molecule has 0 saturated heterocycles. The van der Waals surface area contributed by atoms with Crippen molar-refractivity contribution in [1.82, 2.24) is 0 Å². The first-order valence-corrected chi connectivity index (χ1v) is 5.34. The zero-order valence-corrected chi connectivity index (χ0v) is 12.3. The first-order chi connectivity index (χ1) is 7.72. The summed E-state index contributed by atoms with van der Waals surface area (Å²) < 4.78 is 5.47. The molecular weight excluding hydrogens is 227 g/mol. The number of carbonyl (C=O) groups is 1. The first kappa shape index (κ1) is 16.2. The molecule has 0 radical (unpaired) electrons. The van der Waals surface area contributed by atoms with Gasteiger partial charge in [-0.1, -0.05) is 31.6 Å². The number of carboxylic acids is 1. The van der Waals surface area contributed by atoms with Crippen LogP contribution in [0.1, 0.15) is 25.3 Å². The Balaban J connectivity index is 0.00000256. The van der Waals surface area contributed by atoms with Crippen molar-refractivity contribution >= 4 is 12.0 Å². The predicted octanol–water partition coefficient (Wildman–Crippen LogP) is -1.37. The van der Waals surface area contributed by atoms with Gasteiger partial charge in [0.25, 0.3) is 0 Å². The summed E-state index contributed by atoms with van der Waals surface area (Å²) in [5.74, 6) is -0.387. The van der Waals surface area contributed by atoms with E-state index in [0.29, 0.717) is 6.61 Å². The Morgan fingerprint density at radius 2 is 2.00 bits per heavy atom. The Kier molecular flexibility index (Phi) is 8.86. The molecule has 0 unspecified atom stereocenters. The molecule has 0 aliphatic heterocycles. The molecule has 86 valence electrons. The van der Waals surface area contributed by atoms with E-state index in [1.54, 1.807) is 12.1 Å². The van der Waals surface area contributed by atoms with Crippen molar-refractivity contribution in [3.8, 4) is 5.75 Å². The fraction of sp³-hybridized carbons (Fsp3) is 0.308. The summed E-state index contributed by atoms with van der Waals surface area (Å²) in [4.78, 5) is 10.2. The normalized spacial score (nSPS) is 9.94. The Bertz CT molecular complexity index is 357. The summed E-state index contributed by atoms with van der Waals surface area (Å²) in [5.41, 5.74) is 0.812. The molecule has 3 nitrogen and oxygen atoms in total. The van der Waals surface area contributed by atoms with Gasteiger partial charge in [0.1, 0.15) is 5.75 Å². The minimum atomic E-state index is -1.19. The van der Waals surface area contributed by atoms with Crippen molar-refractivity contribution in [3.05, 3.63) is 35.9 Å². The van der Waals surface area contributed by atoms with E-state index in [4.69, 9.17) is 4.74 Å². The maximum absolute atomic E-state index is 10.2. The van der Waals surface area contributed by atoms with Gasteiger partial charge in [0, 0.05) is 0 Å². The average molecular weight is 242 g/mol. The Morgan fingerprint density at radius 1 is 1.35 bits per heavy atom. The summed E-state index contributed by atoms with van der Waals surface area (Å²) in [5, 5.41) is 10.2. The molecule has 0 aliphatic rings. The van der Waals surface area contributed by atoms with Gasteiger partial charge in [-0.15, -0.1) is 0 Å². The van der Waals surface area contributed by atoms with E-state index < -0.39 is 5.97 Å². The number of rotatable bonds is 6. The molecule has 0 bridgehead atoms. The number of carboxylic acid groups (broad SMARTS) is 1. The molecule has 1 aromatic carbocycles. The summed E-state index contributed by atoms with van der Waals surface area (Å²) >= 11 is 0. The Labute approximate surface area is 124 Å². The van der Waals surface area contributed by atoms with Gasteiger partial charge < -0.3 is 14.6 Å². The zero-order chi connectivity index (χ0) is 11.8. The van der Waals surface area contributed by atoms with E-state index in [1.807, 2.05) is 12.1 Å².